The SMILES string of the molecule is Cc1ccc(F)cc1C(=O)N(C)C1CCCCC1. The summed E-state index contributed by atoms with van der Waals surface area (Å²) >= 11 is 0. The zero-order valence-corrected chi connectivity index (χ0v) is 11.1. The molecule has 1 aromatic rings. The summed E-state index contributed by atoms with van der Waals surface area (Å²) < 4.78 is 13.2. The van der Waals surface area contributed by atoms with Gasteiger partial charge in [-0.3, -0.25) is 4.79 Å². The molecule has 3 heteroatoms. The second-order valence-corrected chi connectivity index (χ2v) is 5.17. The lowest BCUT2D eigenvalue weighted by atomic mass is 9.94. The van der Waals surface area contributed by atoms with Gasteiger partial charge in [-0.1, -0.05) is 25.3 Å². The molecule has 2 nitrogen and oxygen atoms in total. The van der Waals surface area contributed by atoms with Gasteiger partial charge >= 0.3 is 0 Å². The number of carbonyl (C=O) groups is 1. The first-order valence-electron chi connectivity index (χ1n) is 6.63. The van der Waals surface area contributed by atoms with E-state index in [2.05, 4.69) is 0 Å². The standard InChI is InChI=1S/C15H20FNO/c1-11-8-9-12(16)10-14(11)15(18)17(2)13-6-4-3-5-7-13/h8-10,13H,3-7H2,1-2H3. The van der Waals surface area contributed by atoms with Crippen LogP contribution in [0.15, 0.2) is 18.2 Å². The van der Waals surface area contributed by atoms with Crippen molar-refractivity contribution in [3.63, 3.8) is 0 Å². The Hall–Kier alpha value is -1.38. The Morgan fingerprint density at radius 1 is 1.28 bits per heavy atom. The van der Waals surface area contributed by atoms with Gasteiger partial charge in [-0.15, -0.1) is 0 Å². The molecule has 1 aromatic carbocycles. The number of aryl methyl sites for hydroxylation is 1. The molecule has 0 atom stereocenters. The molecule has 1 aliphatic rings. The molecular formula is C15H20FNO. The fraction of sp³-hybridized carbons (Fsp3) is 0.533. The van der Waals surface area contributed by atoms with Crippen molar-refractivity contribution in [3.05, 3.63) is 35.1 Å². The molecule has 0 radical (unpaired) electrons. The van der Waals surface area contributed by atoms with E-state index in [1.54, 1.807) is 11.0 Å². The van der Waals surface area contributed by atoms with Crippen LogP contribution in [0.25, 0.3) is 0 Å². The maximum atomic E-state index is 13.2. The summed E-state index contributed by atoms with van der Waals surface area (Å²) in [7, 11) is 1.84. The summed E-state index contributed by atoms with van der Waals surface area (Å²) in [6, 6.07) is 4.72. The minimum absolute atomic E-state index is 0.0566. The van der Waals surface area contributed by atoms with Gasteiger partial charge in [0.25, 0.3) is 5.91 Å². The van der Waals surface area contributed by atoms with E-state index in [9.17, 15) is 9.18 Å². The highest BCUT2D eigenvalue weighted by Crippen LogP contribution is 2.23. The van der Waals surface area contributed by atoms with Crippen LogP contribution in [-0.4, -0.2) is 23.9 Å². The van der Waals surface area contributed by atoms with Crippen molar-refractivity contribution in [2.45, 2.75) is 45.1 Å². The lowest BCUT2D eigenvalue weighted by Gasteiger charge is -2.31. The summed E-state index contributed by atoms with van der Waals surface area (Å²) in [5.41, 5.74) is 1.33. The lowest BCUT2D eigenvalue weighted by Crippen LogP contribution is -2.38. The number of halogens is 1. The molecule has 98 valence electrons. The fourth-order valence-electron chi connectivity index (χ4n) is 2.65. The molecule has 0 saturated heterocycles. The Labute approximate surface area is 108 Å². The molecule has 0 N–H and O–H groups in total. The predicted octanol–water partition coefficient (Wildman–Crippen LogP) is 3.54. The molecule has 0 aromatic heterocycles. The van der Waals surface area contributed by atoms with Crippen LogP contribution >= 0.6 is 0 Å². The quantitative estimate of drug-likeness (QED) is 0.785. The maximum absolute atomic E-state index is 13.2. The smallest absolute Gasteiger partial charge is 0.254 e. The van der Waals surface area contributed by atoms with E-state index in [4.69, 9.17) is 0 Å². The van der Waals surface area contributed by atoms with Crippen LogP contribution in [-0.2, 0) is 0 Å². The molecule has 1 aliphatic carbocycles. The van der Waals surface area contributed by atoms with Crippen molar-refractivity contribution in [1.82, 2.24) is 4.90 Å². The van der Waals surface area contributed by atoms with Gasteiger partial charge in [0.2, 0.25) is 0 Å². The molecule has 18 heavy (non-hydrogen) atoms. The van der Waals surface area contributed by atoms with E-state index in [0.717, 1.165) is 18.4 Å². The predicted molar refractivity (Wildman–Crippen MR) is 70.1 cm³/mol. The molecule has 0 aliphatic heterocycles. The first-order chi connectivity index (χ1) is 8.59. The number of nitrogens with zero attached hydrogens (tertiary/aromatic N) is 1. The molecule has 1 saturated carbocycles. The van der Waals surface area contributed by atoms with Crippen LogP contribution in [0.3, 0.4) is 0 Å². The van der Waals surface area contributed by atoms with Crippen molar-refractivity contribution in [2.75, 3.05) is 7.05 Å². The average Bonchev–Trinajstić information content (AvgIpc) is 2.41. The van der Waals surface area contributed by atoms with Gasteiger partial charge in [-0.05, 0) is 37.5 Å². The van der Waals surface area contributed by atoms with Gasteiger partial charge in [-0.25, -0.2) is 4.39 Å². The van der Waals surface area contributed by atoms with Crippen molar-refractivity contribution < 1.29 is 9.18 Å². The van der Waals surface area contributed by atoms with E-state index in [1.165, 1.54) is 31.4 Å². The van der Waals surface area contributed by atoms with Crippen molar-refractivity contribution >= 4 is 5.91 Å². The van der Waals surface area contributed by atoms with E-state index < -0.39 is 0 Å². The molecule has 0 unspecified atom stereocenters. The Balaban J connectivity index is 2.16. The topological polar surface area (TPSA) is 20.3 Å². The van der Waals surface area contributed by atoms with Crippen molar-refractivity contribution in [3.8, 4) is 0 Å². The minimum atomic E-state index is -0.346. The summed E-state index contributed by atoms with van der Waals surface area (Å²) in [4.78, 5) is 14.2. The first kappa shape index (κ1) is 13.1. The van der Waals surface area contributed by atoms with E-state index >= 15 is 0 Å². The zero-order valence-electron chi connectivity index (χ0n) is 11.1. The second kappa shape index (κ2) is 5.51. The number of benzene rings is 1. The van der Waals surface area contributed by atoms with Crippen molar-refractivity contribution in [1.29, 1.82) is 0 Å². The molecule has 1 fully saturated rings. The maximum Gasteiger partial charge on any atom is 0.254 e. The summed E-state index contributed by atoms with van der Waals surface area (Å²) in [5.74, 6) is -0.403. The van der Waals surface area contributed by atoms with Crippen LogP contribution in [0, 0.1) is 12.7 Å². The number of hydrogen-bond donors (Lipinski definition) is 0. The molecule has 2 rings (SSSR count). The zero-order chi connectivity index (χ0) is 13.1. The third-order valence-electron chi connectivity index (χ3n) is 3.87. The third kappa shape index (κ3) is 2.71. The van der Waals surface area contributed by atoms with Gasteiger partial charge in [-0.2, -0.15) is 0 Å². The molecule has 0 heterocycles. The van der Waals surface area contributed by atoms with Crippen LogP contribution < -0.4 is 0 Å². The number of hydrogen-bond acceptors (Lipinski definition) is 1. The lowest BCUT2D eigenvalue weighted by molar-refractivity contribution is 0.0695. The van der Waals surface area contributed by atoms with E-state index in [-0.39, 0.29) is 11.7 Å². The average molecular weight is 249 g/mol. The Morgan fingerprint density at radius 3 is 2.61 bits per heavy atom. The number of carbonyl (C=O) groups excluding carboxylic acids is 1. The minimum Gasteiger partial charge on any atom is -0.339 e. The second-order valence-electron chi connectivity index (χ2n) is 5.17. The monoisotopic (exact) mass is 249 g/mol. The summed E-state index contributed by atoms with van der Waals surface area (Å²) in [5, 5.41) is 0. The van der Waals surface area contributed by atoms with Crippen LogP contribution in [0.4, 0.5) is 4.39 Å². The van der Waals surface area contributed by atoms with Crippen LogP contribution in [0.1, 0.15) is 48.0 Å². The molecule has 0 spiro atoms. The van der Waals surface area contributed by atoms with Crippen LogP contribution in [0.2, 0.25) is 0 Å². The van der Waals surface area contributed by atoms with E-state index in [1.807, 2.05) is 14.0 Å². The van der Waals surface area contributed by atoms with Crippen LogP contribution in [0.5, 0.6) is 0 Å². The van der Waals surface area contributed by atoms with Crippen molar-refractivity contribution in [2.24, 2.45) is 0 Å². The molecule has 1 amide bonds. The highest BCUT2D eigenvalue weighted by molar-refractivity contribution is 5.95. The highest BCUT2D eigenvalue weighted by Gasteiger charge is 2.24. The molecular weight excluding hydrogens is 229 g/mol. The normalized spacial score (nSPS) is 16.6. The summed E-state index contributed by atoms with van der Waals surface area (Å²) in [6.07, 6.45) is 5.76. The largest absolute Gasteiger partial charge is 0.339 e. The molecule has 0 bridgehead atoms. The first-order valence-corrected chi connectivity index (χ1v) is 6.63. The summed E-state index contributed by atoms with van der Waals surface area (Å²) in [6.45, 7) is 1.85. The third-order valence-corrected chi connectivity index (χ3v) is 3.87. The fourth-order valence-corrected chi connectivity index (χ4v) is 2.65. The Morgan fingerprint density at radius 2 is 1.94 bits per heavy atom. The van der Waals surface area contributed by atoms with Gasteiger partial charge < -0.3 is 4.90 Å². The Kier molecular flexibility index (Phi) is 4.00. The highest BCUT2D eigenvalue weighted by atomic mass is 19.1. The van der Waals surface area contributed by atoms with Gasteiger partial charge in [0, 0.05) is 18.7 Å². The number of amides is 1. The van der Waals surface area contributed by atoms with Gasteiger partial charge in [0.05, 0.1) is 0 Å². The van der Waals surface area contributed by atoms with Gasteiger partial charge in [0.15, 0.2) is 0 Å². The van der Waals surface area contributed by atoms with E-state index in [0.29, 0.717) is 11.6 Å². The number of rotatable bonds is 2. The van der Waals surface area contributed by atoms with Gasteiger partial charge in [0.1, 0.15) is 5.82 Å². The Bertz CT molecular complexity index is 438.